The van der Waals surface area contributed by atoms with Crippen molar-refractivity contribution in [1.29, 1.82) is 0 Å². The summed E-state index contributed by atoms with van der Waals surface area (Å²) >= 11 is 0. The standard InChI is InChI=1S/C23H22F4N6O3/c1-32-11-13(9-29-32)17-10-28-16-4-5-20(31-22(16)30-17)33(12-14(34)8-23(25,26)27)18-6-15(35-2)7-19(36-3)21(18)24/h4-7,9-11,14,34H,8,12H2,1-3H3. The number of aliphatic hydroxyl groups is 1. The van der Waals surface area contributed by atoms with Gasteiger partial charge in [-0.2, -0.15) is 18.3 Å². The minimum absolute atomic E-state index is 0.0376. The van der Waals surface area contributed by atoms with Gasteiger partial charge in [0.1, 0.15) is 17.1 Å². The second kappa shape index (κ2) is 9.93. The average molecular weight is 506 g/mol. The van der Waals surface area contributed by atoms with Gasteiger partial charge in [-0.25, -0.2) is 14.4 Å². The van der Waals surface area contributed by atoms with E-state index >= 15 is 4.39 Å². The minimum Gasteiger partial charge on any atom is -0.497 e. The molecule has 3 aromatic heterocycles. The molecule has 190 valence electrons. The van der Waals surface area contributed by atoms with Crippen LogP contribution in [-0.4, -0.2) is 62.9 Å². The molecule has 1 unspecified atom stereocenters. The summed E-state index contributed by atoms with van der Waals surface area (Å²) in [5.74, 6) is -0.831. The van der Waals surface area contributed by atoms with Crippen LogP contribution in [0.4, 0.5) is 29.1 Å². The number of pyridine rings is 1. The largest absolute Gasteiger partial charge is 0.497 e. The lowest BCUT2D eigenvalue weighted by atomic mass is 10.2. The summed E-state index contributed by atoms with van der Waals surface area (Å²) in [6.45, 7) is -0.624. The van der Waals surface area contributed by atoms with Gasteiger partial charge in [0.25, 0.3) is 0 Å². The van der Waals surface area contributed by atoms with Crippen LogP contribution in [0.2, 0.25) is 0 Å². The number of hydrogen-bond acceptors (Lipinski definition) is 8. The van der Waals surface area contributed by atoms with Gasteiger partial charge in [0, 0.05) is 30.9 Å². The molecule has 0 aliphatic heterocycles. The third kappa shape index (κ3) is 5.46. The van der Waals surface area contributed by atoms with Gasteiger partial charge in [0.05, 0.1) is 57.1 Å². The van der Waals surface area contributed by atoms with Gasteiger partial charge in [0.15, 0.2) is 17.2 Å². The molecule has 0 aliphatic rings. The normalized spacial score (nSPS) is 12.6. The molecular formula is C23H22F4N6O3. The van der Waals surface area contributed by atoms with Crippen LogP contribution in [0.5, 0.6) is 11.5 Å². The molecule has 0 amide bonds. The van der Waals surface area contributed by atoms with Crippen molar-refractivity contribution in [3.05, 3.63) is 48.7 Å². The topological polar surface area (TPSA) is 98.4 Å². The van der Waals surface area contributed by atoms with Crippen molar-refractivity contribution in [2.45, 2.75) is 18.7 Å². The van der Waals surface area contributed by atoms with E-state index < -0.39 is 31.1 Å². The number of fused-ring (bicyclic) bond motifs is 1. The Morgan fingerprint density at radius 2 is 1.89 bits per heavy atom. The van der Waals surface area contributed by atoms with Crippen molar-refractivity contribution < 1.29 is 32.1 Å². The Balaban J connectivity index is 1.83. The number of rotatable bonds is 8. The molecule has 9 nitrogen and oxygen atoms in total. The maximum absolute atomic E-state index is 15.3. The third-order valence-electron chi connectivity index (χ3n) is 5.27. The predicted molar refractivity (Wildman–Crippen MR) is 123 cm³/mol. The molecule has 1 aromatic carbocycles. The Morgan fingerprint density at radius 1 is 1.11 bits per heavy atom. The second-order valence-corrected chi connectivity index (χ2v) is 7.92. The summed E-state index contributed by atoms with van der Waals surface area (Å²) in [5.41, 5.74) is 1.53. The molecule has 4 rings (SSSR count). The molecule has 36 heavy (non-hydrogen) atoms. The van der Waals surface area contributed by atoms with Crippen LogP contribution >= 0.6 is 0 Å². The van der Waals surface area contributed by atoms with Crippen molar-refractivity contribution in [3.8, 4) is 22.8 Å². The van der Waals surface area contributed by atoms with Crippen LogP contribution in [0.15, 0.2) is 42.9 Å². The first kappa shape index (κ1) is 25.1. The minimum atomic E-state index is -4.63. The number of halogens is 4. The first-order valence-electron chi connectivity index (χ1n) is 10.6. The molecule has 0 spiro atoms. The van der Waals surface area contributed by atoms with Gasteiger partial charge in [0.2, 0.25) is 0 Å². The lowest BCUT2D eigenvalue weighted by Crippen LogP contribution is -2.33. The number of aliphatic hydroxyl groups excluding tert-OH is 1. The Labute approximate surface area is 202 Å². The fourth-order valence-electron chi connectivity index (χ4n) is 3.61. The number of aromatic nitrogens is 5. The van der Waals surface area contributed by atoms with E-state index in [4.69, 9.17) is 9.47 Å². The molecule has 0 aliphatic carbocycles. The van der Waals surface area contributed by atoms with Crippen LogP contribution in [0.25, 0.3) is 22.4 Å². The Bertz CT molecular complexity index is 1380. The number of benzene rings is 1. The summed E-state index contributed by atoms with van der Waals surface area (Å²) in [5, 5.41) is 14.3. The van der Waals surface area contributed by atoms with Crippen LogP contribution in [0.3, 0.4) is 0 Å². The zero-order valence-corrected chi connectivity index (χ0v) is 19.5. The summed E-state index contributed by atoms with van der Waals surface area (Å²) in [7, 11) is 4.34. The second-order valence-electron chi connectivity index (χ2n) is 7.92. The summed E-state index contributed by atoms with van der Waals surface area (Å²) < 4.78 is 66.1. The third-order valence-corrected chi connectivity index (χ3v) is 5.27. The molecule has 1 N–H and O–H groups in total. The number of anilines is 2. The molecule has 1 atom stereocenters. The highest BCUT2D eigenvalue weighted by Crippen LogP contribution is 2.37. The molecule has 0 radical (unpaired) electrons. The quantitative estimate of drug-likeness (QED) is 0.358. The molecule has 3 heterocycles. The van der Waals surface area contributed by atoms with Crippen molar-refractivity contribution in [1.82, 2.24) is 24.7 Å². The number of ether oxygens (including phenoxy) is 2. The van der Waals surface area contributed by atoms with Crippen LogP contribution in [0.1, 0.15) is 6.42 Å². The van der Waals surface area contributed by atoms with Crippen molar-refractivity contribution >= 4 is 22.7 Å². The molecule has 0 bridgehead atoms. The molecular weight excluding hydrogens is 484 g/mol. The number of hydrogen-bond donors (Lipinski definition) is 1. The molecule has 0 saturated carbocycles. The Morgan fingerprint density at radius 3 is 2.53 bits per heavy atom. The van der Waals surface area contributed by atoms with Crippen molar-refractivity contribution in [2.24, 2.45) is 7.05 Å². The van der Waals surface area contributed by atoms with Gasteiger partial charge < -0.3 is 19.5 Å². The fraction of sp³-hybridized carbons (Fsp3) is 0.304. The van der Waals surface area contributed by atoms with E-state index in [-0.39, 0.29) is 28.7 Å². The highest BCUT2D eigenvalue weighted by molar-refractivity contribution is 5.77. The van der Waals surface area contributed by atoms with E-state index in [0.29, 0.717) is 16.8 Å². The summed E-state index contributed by atoms with van der Waals surface area (Å²) in [4.78, 5) is 14.4. The van der Waals surface area contributed by atoms with Crippen LogP contribution in [0, 0.1) is 5.82 Å². The maximum Gasteiger partial charge on any atom is 0.391 e. The Hall–Kier alpha value is -4.00. The van der Waals surface area contributed by atoms with E-state index in [1.165, 1.54) is 38.6 Å². The average Bonchev–Trinajstić information content (AvgIpc) is 3.27. The maximum atomic E-state index is 15.3. The first-order chi connectivity index (χ1) is 17.1. The number of methoxy groups -OCH3 is 2. The molecule has 4 aromatic rings. The Kier molecular flexibility index (Phi) is 6.93. The number of aryl methyl sites for hydroxylation is 1. The van der Waals surface area contributed by atoms with Gasteiger partial charge >= 0.3 is 6.18 Å². The van der Waals surface area contributed by atoms with Gasteiger partial charge in [-0.15, -0.1) is 0 Å². The monoisotopic (exact) mass is 506 g/mol. The van der Waals surface area contributed by atoms with E-state index in [1.54, 1.807) is 30.2 Å². The van der Waals surface area contributed by atoms with E-state index in [0.717, 1.165) is 4.90 Å². The fourth-order valence-corrected chi connectivity index (χ4v) is 3.61. The summed E-state index contributed by atoms with van der Waals surface area (Å²) in [6, 6.07) is 5.58. The SMILES string of the molecule is COc1cc(OC)c(F)c(N(CC(O)CC(F)(F)F)c2ccc3ncc(-c4cnn(C)c4)nc3n2)c1. The number of nitrogens with zero attached hydrogens (tertiary/aromatic N) is 6. The molecule has 13 heteroatoms. The van der Waals surface area contributed by atoms with Crippen LogP contribution in [-0.2, 0) is 7.05 Å². The van der Waals surface area contributed by atoms with Crippen molar-refractivity contribution in [2.75, 3.05) is 25.7 Å². The van der Waals surface area contributed by atoms with Gasteiger partial charge in [-0.1, -0.05) is 0 Å². The molecule has 0 fully saturated rings. The highest BCUT2D eigenvalue weighted by atomic mass is 19.4. The number of alkyl halides is 3. The van der Waals surface area contributed by atoms with E-state index in [1.807, 2.05) is 0 Å². The predicted octanol–water partition coefficient (Wildman–Crippen LogP) is 4.03. The van der Waals surface area contributed by atoms with E-state index in [9.17, 15) is 18.3 Å². The zero-order valence-electron chi connectivity index (χ0n) is 19.5. The van der Waals surface area contributed by atoms with Crippen LogP contribution < -0.4 is 14.4 Å². The highest BCUT2D eigenvalue weighted by Gasteiger charge is 2.33. The van der Waals surface area contributed by atoms with E-state index in [2.05, 4.69) is 20.1 Å². The first-order valence-corrected chi connectivity index (χ1v) is 10.6. The molecule has 0 saturated heterocycles. The van der Waals surface area contributed by atoms with Crippen molar-refractivity contribution in [3.63, 3.8) is 0 Å². The smallest absolute Gasteiger partial charge is 0.391 e. The van der Waals surface area contributed by atoms with Gasteiger partial charge in [-0.05, 0) is 12.1 Å². The van der Waals surface area contributed by atoms with Gasteiger partial charge in [-0.3, -0.25) is 9.67 Å². The lowest BCUT2D eigenvalue weighted by Gasteiger charge is -2.28. The summed E-state index contributed by atoms with van der Waals surface area (Å²) in [6.07, 6.45) is -3.14. The zero-order chi connectivity index (χ0) is 26.0. The lowest BCUT2D eigenvalue weighted by molar-refractivity contribution is -0.152.